The first kappa shape index (κ1) is 15.0. The number of fused-ring (bicyclic) bond motifs is 1. The molecule has 0 aliphatic carbocycles. The molecule has 0 unspecified atom stereocenters. The molecule has 1 saturated heterocycles. The van der Waals surface area contributed by atoms with E-state index in [0.29, 0.717) is 13.0 Å². The summed E-state index contributed by atoms with van der Waals surface area (Å²) in [5.41, 5.74) is 2.24. The van der Waals surface area contributed by atoms with Gasteiger partial charge in [0.2, 0.25) is 0 Å². The second kappa shape index (κ2) is 6.90. The molecule has 0 atom stereocenters. The molecule has 2 aliphatic heterocycles. The van der Waals surface area contributed by atoms with E-state index >= 15 is 0 Å². The number of benzene rings is 1. The van der Waals surface area contributed by atoms with Crippen molar-refractivity contribution in [2.75, 3.05) is 39.3 Å². The number of hydrogen-bond acceptors (Lipinski definition) is 4. The maximum absolute atomic E-state index is 12.4. The van der Waals surface area contributed by atoms with Crippen LogP contribution in [0.4, 0.5) is 0 Å². The van der Waals surface area contributed by atoms with Crippen LogP contribution in [0.1, 0.15) is 17.5 Å². The summed E-state index contributed by atoms with van der Waals surface area (Å²) in [5.74, 6) is 1.21. The highest BCUT2D eigenvalue weighted by Crippen LogP contribution is 2.33. The molecule has 3 rings (SSSR count). The maximum atomic E-state index is 12.4. The van der Waals surface area contributed by atoms with Gasteiger partial charge in [-0.3, -0.25) is 9.69 Å². The molecule has 0 bridgehead atoms. The van der Waals surface area contributed by atoms with Crippen LogP contribution in [0.25, 0.3) is 0 Å². The van der Waals surface area contributed by atoms with E-state index in [1.165, 1.54) is 5.56 Å². The SMILES string of the molecule is O=C(Cc1cc(Br)cc2c1OCC2)CN1CCCNCC1. The Kier molecular flexibility index (Phi) is 4.93. The first-order valence-electron chi connectivity index (χ1n) is 7.61. The number of halogens is 1. The fourth-order valence-corrected chi connectivity index (χ4v) is 3.61. The van der Waals surface area contributed by atoms with Crippen LogP contribution in [-0.4, -0.2) is 50.0 Å². The number of carbonyl (C=O) groups is 1. The molecule has 1 fully saturated rings. The molecule has 5 heteroatoms. The largest absolute Gasteiger partial charge is 0.493 e. The minimum absolute atomic E-state index is 0.271. The number of rotatable bonds is 4. The third-order valence-corrected chi connectivity index (χ3v) is 4.50. The average molecular weight is 353 g/mol. The Morgan fingerprint density at radius 1 is 1.33 bits per heavy atom. The molecule has 2 heterocycles. The van der Waals surface area contributed by atoms with E-state index in [4.69, 9.17) is 4.74 Å². The van der Waals surface area contributed by atoms with Crippen molar-refractivity contribution < 1.29 is 9.53 Å². The number of nitrogens with zero attached hydrogens (tertiary/aromatic N) is 1. The summed E-state index contributed by atoms with van der Waals surface area (Å²) in [6.45, 7) is 5.26. The third-order valence-electron chi connectivity index (χ3n) is 4.05. The number of nitrogens with one attached hydrogen (secondary N) is 1. The molecule has 2 aliphatic rings. The highest BCUT2D eigenvalue weighted by Gasteiger charge is 2.20. The molecular weight excluding hydrogens is 332 g/mol. The van der Waals surface area contributed by atoms with Gasteiger partial charge in [-0.2, -0.15) is 0 Å². The zero-order valence-electron chi connectivity index (χ0n) is 12.2. The predicted molar refractivity (Wildman–Crippen MR) is 86.0 cm³/mol. The highest BCUT2D eigenvalue weighted by atomic mass is 79.9. The van der Waals surface area contributed by atoms with Crippen molar-refractivity contribution in [3.63, 3.8) is 0 Å². The Morgan fingerprint density at radius 3 is 3.14 bits per heavy atom. The van der Waals surface area contributed by atoms with E-state index in [-0.39, 0.29) is 5.78 Å². The van der Waals surface area contributed by atoms with Gasteiger partial charge in [0.25, 0.3) is 0 Å². The van der Waals surface area contributed by atoms with E-state index in [0.717, 1.165) is 61.4 Å². The minimum Gasteiger partial charge on any atom is -0.493 e. The molecule has 21 heavy (non-hydrogen) atoms. The molecule has 0 aromatic heterocycles. The number of Topliss-reactive ketones (excluding diaryl/α,β-unsaturated/α-hetero) is 1. The zero-order valence-corrected chi connectivity index (χ0v) is 13.7. The number of ether oxygens (including phenoxy) is 1. The molecule has 0 spiro atoms. The van der Waals surface area contributed by atoms with Crippen molar-refractivity contribution >= 4 is 21.7 Å². The highest BCUT2D eigenvalue weighted by molar-refractivity contribution is 9.10. The Balaban J connectivity index is 1.65. The topological polar surface area (TPSA) is 41.6 Å². The smallest absolute Gasteiger partial charge is 0.151 e. The Hall–Kier alpha value is -0.910. The second-order valence-electron chi connectivity index (χ2n) is 5.75. The van der Waals surface area contributed by atoms with Gasteiger partial charge in [-0.15, -0.1) is 0 Å². The van der Waals surface area contributed by atoms with Gasteiger partial charge in [0, 0.05) is 36.0 Å². The lowest BCUT2D eigenvalue weighted by molar-refractivity contribution is -0.119. The van der Waals surface area contributed by atoms with E-state index in [9.17, 15) is 4.79 Å². The monoisotopic (exact) mass is 352 g/mol. The molecule has 114 valence electrons. The Bertz CT molecular complexity index is 525. The maximum Gasteiger partial charge on any atom is 0.151 e. The van der Waals surface area contributed by atoms with Gasteiger partial charge in [0.05, 0.1) is 13.2 Å². The van der Waals surface area contributed by atoms with Crippen molar-refractivity contribution in [3.05, 3.63) is 27.7 Å². The normalized spacial score (nSPS) is 18.9. The van der Waals surface area contributed by atoms with E-state index in [1.807, 2.05) is 6.07 Å². The minimum atomic E-state index is 0.271. The summed E-state index contributed by atoms with van der Waals surface area (Å²) < 4.78 is 6.73. The van der Waals surface area contributed by atoms with Crippen LogP contribution < -0.4 is 10.1 Å². The van der Waals surface area contributed by atoms with Crippen LogP contribution in [0.15, 0.2) is 16.6 Å². The third kappa shape index (κ3) is 3.84. The van der Waals surface area contributed by atoms with Crippen molar-refractivity contribution in [1.29, 1.82) is 0 Å². The standard InChI is InChI=1S/C16H21BrN2O2/c17-14-8-12-2-7-21-16(12)13(9-14)10-15(20)11-19-5-1-3-18-4-6-19/h8-9,18H,1-7,10-11H2. The summed E-state index contributed by atoms with van der Waals surface area (Å²) in [7, 11) is 0. The van der Waals surface area contributed by atoms with Gasteiger partial charge in [-0.1, -0.05) is 15.9 Å². The van der Waals surface area contributed by atoms with Crippen LogP contribution in [0.5, 0.6) is 5.75 Å². The van der Waals surface area contributed by atoms with Crippen molar-refractivity contribution in [3.8, 4) is 5.75 Å². The summed E-state index contributed by atoms with van der Waals surface area (Å²) in [6.07, 6.45) is 2.52. The summed E-state index contributed by atoms with van der Waals surface area (Å²) in [6, 6.07) is 4.11. The zero-order chi connectivity index (χ0) is 14.7. The van der Waals surface area contributed by atoms with E-state index in [2.05, 4.69) is 32.2 Å². The van der Waals surface area contributed by atoms with Gasteiger partial charge in [-0.05, 0) is 37.2 Å². The van der Waals surface area contributed by atoms with Crippen LogP contribution in [0.3, 0.4) is 0 Å². The molecular formula is C16H21BrN2O2. The van der Waals surface area contributed by atoms with Gasteiger partial charge in [-0.25, -0.2) is 0 Å². The average Bonchev–Trinajstić information content (AvgIpc) is 2.76. The van der Waals surface area contributed by atoms with Gasteiger partial charge in [0.1, 0.15) is 5.75 Å². The van der Waals surface area contributed by atoms with Gasteiger partial charge < -0.3 is 10.1 Å². The fourth-order valence-electron chi connectivity index (χ4n) is 3.05. The molecule has 0 amide bonds. The molecule has 0 radical (unpaired) electrons. The van der Waals surface area contributed by atoms with Crippen molar-refractivity contribution in [1.82, 2.24) is 10.2 Å². The molecule has 0 saturated carbocycles. The van der Waals surface area contributed by atoms with Crippen LogP contribution in [0, 0.1) is 0 Å². The number of hydrogen-bond donors (Lipinski definition) is 1. The van der Waals surface area contributed by atoms with Gasteiger partial charge >= 0.3 is 0 Å². The molecule has 1 N–H and O–H groups in total. The predicted octanol–water partition coefficient (Wildman–Crippen LogP) is 1.79. The van der Waals surface area contributed by atoms with Crippen molar-refractivity contribution in [2.45, 2.75) is 19.3 Å². The number of carbonyl (C=O) groups excluding carboxylic acids is 1. The lowest BCUT2D eigenvalue weighted by Gasteiger charge is -2.18. The van der Waals surface area contributed by atoms with Crippen LogP contribution in [-0.2, 0) is 17.6 Å². The van der Waals surface area contributed by atoms with E-state index < -0.39 is 0 Å². The summed E-state index contributed by atoms with van der Waals surface area (Å²) in [4.78, 5) is 14.6. The van der Waals surface area contributed by atoms with E-state index in [1.54, 1.807) is 0 Å². The summed E-state index contributed by atoms with van der Waals surface area (Å²) >= 11 is 3.53. The van der Waals surface area contributed by atoms with Crippen molar-refractivity contribution in [2.24, 2.45) is 0 Å². The first-order valence-corrected chi connectivity index (χ1v) is 8.40. The quantitative estimate of drug-likeness (QED) is 0.896. The van der Waals surface area contributed by atoms with Gasteiger partial charge in [0.15, 0.2) is 5.78 Å². The molecule has 1 aromatic rings. The lowest BCUT2D eigenvalue weighted by Crippen LogP contribution is -2.33. The lowest BCUT2D eigenvalue weighted by atomic mass is 10.0. The fraction of sp³-hybridized carbons (Fsp3) is 0.562. The van der Waals surface area contributed by atoms with Crippen LogP contribution >= 0.6 is 15.9 Å². The molecule has 1 aromatic carbocycles. The number of ketones is 1. The molecule has 4 nitrogen and oxygen atoms in total. The van der Waals surface area contributed by atoms with Crippen LogP contribution in [0.2, 0.25) is 0 Å². The summed E-state index contributed by atoms with van der Waals surface area (Å²) in [5, 5.41) is 3.36. The Labute approximate surface area is 134 Å². The second-order valence-corrected chi connectivity index (χ2v) is 6.66. The first-order chi connectivity index (χ1) is 10.2. The Morgan fingerprint density at radius 2 is 2.24 bits per heavy atom.